The van der Waals surface area contributed by atoms with E-state index >= 15 is 0 Å². The largest absolute Gasteiger partial charge is 0.493 e. The highest BCUT2D eigenvalue weighted by Crippen LogP contribution is 2.40. The van der Waals surface area contributed by atoms with Crippen LogP contribution in [0.2, 0.25) is 0 Å². The van der Waals surface area contributed by atoms with Gasteiger partial charge in [0.05, 0.1) is 26.8 Å². The molecule has 0 saturated carbocycles. The maximum atomic E-state index is 14.3. The fourth-order valence-electron chi connectivity index (χ4n) is 4.06. The van der Waals surface area contributed by atoms with Gasteiger partial charge < -0.3 is 24.0 Å². The van der Waals surface area contributed by atoms with Gasteiger partial charge in [-0.15, -0.1) is 0 Å². The highest BCUT2D eigenvalue weighted by atomic mass is 19.3. The average Bonchev–Trinajstić information content (AvgIpc) is 3.35. The van der Waals surface area contributed by atoms with Crippen LogP contribution in [-0.4, -0.2) is 72.9 Å². The molecule has 2 amide bonds. The molecule has 2 atom stereocenters. The number of methoxy groups -OCH3 is 2. The van der Waals surface area contributed by atoms with E-state index in [9.17, 15) is 28.4 Å². The molecule has 0 N–H and O–H groups in total. The van der Waals surface area contributed by atoms with Crippen LogP contribution < -0.4 is 14.2 Å². The van der Waals surface area contributed by atoms with Crippen LogP contribution >= 0.6 is 0 Å². The van der Waals surface area contributed by atoms with Gasteiger partial charge in [-0.2, -0.15) is 5.26 Å². The Kier molecular flexibility index (Phi) is 6.52. The average molecular weight is 451 g/mol. The standard InChI is InChI=1S/C21H23F2N3O6/c1-12(27)32-17-8-13(7-16(30-2)18(17)31-3)19(28)26-11-21(22,23)9-15(26)20(29)25-6-4-5-14(25)10-24/h7-8,14-15H,4-6,9,11H2,1-3H3. The minimum absolute atomic E-state index is 0.0486. The molecular formula is C21H23F2N3O6. The zero-order chi connectivity index (χ0) is 23.6. The highest BCUT2D eigenvalue weighted by Gasteiger charge is 2.52. The zero-order valence-corrected chi connectivity index (χ0v) is 17.9. The van der Waals surface area contributed by atoms with Gasteiger partial charge >= 0.3 is 5.97 Å². The molecule has 32 heavy (non-hydrogen) atoms. The molecule has 172 valence electrons. The normalized spacial score (nSPS) is 21.8. The maximum Gasteiger partial charge on any atom is 0.308 e. The Labute approximate surface area is 183 Å². The van der Waals surface area contributed by atoms with E-state index < -0.39 is 48.8 Å². The monoisotopic (exact) mass is 451 g/mol. The van der Waals surface area contributed by atoms with Crippen LogP contribution in [0, 0.1) is 11.3 Å². The molecule has 2 aliphatic rings. The lowest BCUT2D eigenvalue weighted by Crippen LogP contribution is -2.49. The summed E-state index contributed by atoms with van der Waals surface area (Å²) < 4.78 is 44.1. The van der Waals surface area contributed by atoms with E-state index in [0.717, 1.165) is 11.8 Å². The fraction of sp³-hybridized carbons (Fsp3) is 0.524. The molecular weight excluding hydrogens is 428 g/mol. The van der Waals surface area contributed by atoms with Crippen LogP contribution in [0.5, 0.6) is 17.2 Å². The number of rotatable bonds is 5. The number of nitrogens with zero attached hydrogens (tertiary/aromatic N) is 3. The Morgan fingerprint density at radius 1 is 1.16 bits per heavy atom. The van der Waals surface area contributed by atoms with E-state index in [4.69, 9.17) is 14.2 Å². The molecule has 0 aliphatic carbocycles. The fourth-order valence-corrected chi connectivity index (χ4v) is 4.06. The summed E-state index contributed by atoms with van der Waals surface area (Å²) in [5.41, 5.74) is -0.118. The number of hydrogen-bond donors (Lipinski definition) is 0. The van der Waals surface area contributed by atoms with E-state index in [1.165, 1.54) is 31.3 Å². The lowest BCUT2D eigenvalue weighted by molar-refractivity contribution is -0.135. The van der Waals surface area contributed by atoms with Crippen molar-refractivity contribution in [2.45, 2.75) is 44.2 Å². The number of amides is 2. The summed E-state index contributed by atoms with van der Waals surface area (Å²) in [5.74, 6) is -5.52. The third kappa shape index (κ3) is 4.44. The van der Waals surface area contributed by atoms with Gasteiger partial charge in [0.2, 0.25) is 11.7 Å². The first-order valence-electron chi connectivity index (χ1n) is 9.95. The number of benzene rings is 1. The minimum Gasteiger partial charge on any atom is -0.493 e. The number of carbonyl (C=O) groups excluding carboxylic acids is 3. The number of nitriles is 1. The highest BCUT2D eigenvalue weighted by molar-refractivity contribution is 5.99. The van der Waals surface area contributed by atoms with Gasteiger partial charge in [-0.1, -0.05) is 0 Å². The number of hydrogen-bond acceptors (Lipinski definition) is 7. The third-order valence-corrected chi connectivity index (χ3v) is 5.45. The van der Waals surface area contributed by atoms with Crippen LogP contribution in [0.1, 0.15) is 36.5 Å². The van der Waals surface area contributed by atoms with Crippen molar-refractivity contribution in [3.05, 3.63) is 17.7 Å². The van der Waals surface area contributed by atoms with E-state index in [2.05, 4.69) is 0 Å². The number of esters is 1. The van der Waals surface area contributed by atoms with Gasteiger partial charge in [-0.05, 0) is 25.0 Å². The predicted octanol–water partition coefficient (Wildman–Crippen LogP) is 1.99. The van der Waals surface area contributed by atoms with E-state index in [1.807, 2.05) is 6.07 Å². The molecule has 0 bridgehead atoms. The Balaban J connectivity index is 1.98. The van der Waals surface area contributed by atoms with Crippen molar-refractivity contribution in [1.82, 2.24) is 9.80 Å². The van der Waals surface area contributed by atoms with Crippen molar-refractivity contribution in [2.24, 2.45) is 0 Å². The van der Waals surface area contributed by atoms with Crippen molar-refractivity contribution >= 4 is 17.8 Å². The van der Waals surface area contributed by atoms with Crippen molar-refractivity contribution in [3.63, 3.8) is 0 Å². The van der Waals surface area contributed by atoms with Gasteiger partial charge in [0.1, 0.15) is 12.1 Å². The summed E-state index contributed by atoms with van der Waals surface area (Å²) in [7, 11) is 2.61. The maximum absolute atomic E-state index is 14.3. The Morgan fingerprint density at radius 3 is 2.44 bits per heavy atom. The van der Waals surface area contributed by atoms with E-state index in [-0.39, 0.29) is 29.4 Å². The lowest BCUT2D eigenvalue weighted by atomic mass is 10.1. The molecule has 2 aliphatic heterocycles. The molecule has 2 fully saturated rings. The number of likely N-dealkylation sites (tertiary alicyclic amines) is 2. The molecule has 9 nitrogen and oxygen atoms in total. The molecule has 1 aromatic carbocycles. The number of carbonyl (C=O) groups is 3. The topological polar surface area (TPSA) is 109 Å². The first-order chi connectivity index (χ1) is 15.1. The summed E-state index contributed by atoms with van der Waals surface area (Å²) in [6.07, 6.45) is 0.208. The second kappa shape index (κ2) is 8.98. The van der Waals surface area contributed by atoms with E-state index in [1.54, 1.807) is 0 Å². The van der Waals surface area contributed by atoms with Gasteiger partial charge in [-0.3, -0.25) is 14.4 Å². The minimum atomic E-state index is -3.27. The molecule has 11 heteroatoms. The lowest BCUT2D eigenvalue weighted by Gasteiger charge is -2.29. The summed E-state index contributed by atoms with van der Waals surface area (Å²) >= 11 is 0. The molecule has 3 rings (SSSR count). The van der Waals surface area contributed by atoms with Gasteiger partial charge in [-0.25, -0.2) is 8.78 Å². The molecule has 2 heterocycles. The molecule has 0 radical (unpaired) electrons. The van der Waals surface area contributed by atoms with Gasteiger partial charge in [0.15, 0.2) is 11.5 Å². The van der Waals surface area contributed by atoms with Crippen LogP contribution in [0.3, 0.4) is 0 Å². The summed E-state index contributed by atoms with van der Waals surface area (Å²) in [5, 5.41) is 9.25. The van der Waals surface area contributed by atoms with Crippen LogP contribution in [-0.2, 0) is 9.59 Å². The quantitative estimate of drug-likeness (QED) is 0.498. The Hall–Kier alpha value is -3.42. The molecule has 0 spiro atoms. The second-order valence-electron chi connectivity index (χ2n) is 7.63. The molecule has 2 saturated heterocycles. The first-order valence-corrected chi connectivity index (χ1v) is 9.95. The summed E-state index contributed by atoms with van der Waals surface area (Å²) in [6, 6.07) is 2.32. The summed E-state index contributed by atoms with van der Waals surface area (Å²) in [6.45, 7) is 0.469. The number of ether oxygens (including phenoxy) is 3. The van der Waals surface area contributed by atoms with Crippen molar-refractivity contribution in [3.8, 4) is 23.3 Å². The van der Waals surface area contributed by atoms with Gasteiger partial charge in [0, 0.05) is 25.5 Å². The first kappa shape index (κ1) is 23.2. The van der Waals surface area contributed by atoms with Crippen molar-refractivity contribution < 1.29 is 37.4 Å². The van der Waals surface area contributed by atoms with Crippen LogP contribution in [0.15, 0.2) is 12.1 Å². The Bertz CT molecular complexity index is 977. The number of alkyl halides is 2. The molecule has 2 unspecified atom stereocenters. The molecule has 0 aromatic heterocycles. The van der Waals surface area contributed by atoms with Crippen LogP contribution in [0.25, 0.3) is 0 Å². The molecule has 1 aromatic rings. The van der Waals surface area contributed by atoms with Crippen molar-refractivity contribution in [1.29, 1.82) is 5.26 Å². The zero-order valence-electron chi connectivity index (χ0n) is 17.9. The second-order valence-corrected chi connectivity index (χ2v) is 7.63. The van der Waals surface area contributed by atoms with Crippen LogP contribution in [0.4, 0.5) is 8.78 Å². The predicted molar refractivity (Wildman–Crippen MR) is 106 cm³/mol. The summed E-state index contributed by atoms with van der Waals surface area (Å²) in [4.78, 5) is 39.8. The van der Waals surface area contributed by atoms with E-state index in [0.29, 0.717) is 12.8 Å². The third-order valence-electron chi connectivity index (χ3n) is 5.45. The Morgan fingerprint density at radius 2 is 1.84 bits per heavy atom. The SMILES string of the molecule is COc1cc(C(=O)N2CC(F)(F)CC2C(=O)N2CCCC2C#N)cc(OC(C)=O)c1OC. The number of halogens is 2. The van der Waals surface area contributed by atoms with Gasteiger partial charge in [0.25, 0.3) is 11.8 Å². The smallest absolute Gasteiger partial charge is 0.308 e. The van der Waals surface area contributed by atoms with Crippen molar-refractivity contribution in [2.75, 3.05) is 27.3 Å².